The van der Waals surface area contributed by atoms with Crippen molar-refractivity contribution in [2.24, 2.45) is 40.7 Å². The average Bonchev–Trinajstić information content (AvgIpc) is 3.80. The summed E-state index contributed by atoms with van der Waals surface area (Å²) in [5.74, 6) is -2.79. The highest BCUT2D eigenvalue weighted by Gasteiger charge is 2.63. The van der Waals surface area contributed by atoms with Gasteiger partial charge in [0.15, 0.2) is 5.78 Å². The number of rotatable bonds is 10. The highest BCUT2D eigenvalue weighted by molar-refractivity contribution is 6.07. The van der Waals surface area contributed by atoms with Crippen molar-refractivity contribution in [3.63, 3.8) is 0 Å². The van der Waals surface area contributed by atoms with Gasteiger partial charge in [-0.15, -0.1) is 6.58 Å². The third-order valence-corrected chi connectivity index (χ3v) is 11.4. The lowest BCUT2D eigenvalue weighted by Gasteiger charge is -2.58. The first-order valence-electron chi connectivity index (χ1n) is 16.8. The van der Waals surface area contributed by atoms with Gasteiger partial charge in [-0.2, -0.15) is 0 Å². The number of allylic oxidation sites excluding steroid dienone is 2. The third-order valence-electron chi connectivity index (χ3n) is 11.4. The molecule has 5 N–H and O–H groups in total. The van der Waals surface area contributed by atoms with Gasteiger partial charge in [0.05, 0.1) is 17.6 Å². The molecule has 3 saturated carbocycles. The van der Waals surface area contributed by atoms with E-state index in [2.05, 4.69) is 42.7 Å². The zero-order valence-electron chi connectivity index (χ0n) is 27.6. The van der Waals surface area contributed by atoms with Crippen LogP contribution >= 0.6 is 0 Å². The van der Waals surface area contributed by atoms with Gasteiger partial charge in [0, 0.05) is 36.0 Å². The van der Waals surface area contributed by atoms with Crippen LogP contribution in [0.15, 0.2) is 54.6 Å². The SMILES string of the molecule is C=C[C@]1(C)C(C(N)=O)C(O)[C@@H](N(C)C)C2CC3Cc4c(-c5cccc(CN(CCC)CC6CC6)c5)ccc(O)c4C(O)=C3C(=O)C21. The Labute approximate surface area is 272 Å². The summed E-state index contributed by atoms with van der Waals surface area (Å²) in [6, 6.07) is 11.5. The van der Waals surface area contributed by atoms with E-state index in [1.54, 1.807) is 19.1 Å². The van der Waals surface area contributed by atoms with E-state index in [9.17, 15) is 24.9 Å². The molecule has 6 rings (SSSR count). The lowest BCUT2D eigenvalue weighted by Crippen LogP contribution is -2.67. The fourth-order valence-electron chi connectivity index (χ4n) is 9.23. The Morgan fingerprint density at radius 2 is 1.91 bits per heavy atom. The number of aliphatic hydroxyl groups excluding tert-OH is 2. The summed E-state index contributed by atoms with van der Waals surface area (Å²) in [4.78, 5) is 31.8. The van der Waals surface area contributed by atoms with Crippen molar-refractivity contribution in [1.82, 2.24) is 9.80 Å². The predicted octanol–water partition coefficient (Wildman–Crippen LogP) is 4.93. The van der Waals surface area contributed by atoms with Crippen molar-refractivity contribution in [2.75, 3.05) is 27.2 Å². The second-order valence-corrected chi connectivity index (χ2v) is 14.7. The molecule has 8 nitrogen and oxygen atoms in total. The van der Waals surface area contributed by atoms with E-state index in [4.69, 9.17) is 5.73 Å². The van der Waals surface area contributed by atoms with Gasteiger partial charge in [-0.25, -0.2) is 0 Å². The number of likely N-dealkylation sites (N-methyl/N-ethyl adjacent to an activating group) is 1. The number of aliphatic hydroxyl groups is 2. The second kappa shape index (κ2) is 12.3. The Hall–Kier alpha value is -3.46. The van der Waals surface area contributed by atoms with E-state index >= 15 is 0 Å². The lowest BCUT2D eigenvalue weighted by atomic mass is 9.48. The van der Waals surface area contributed by atoms with Gasteiger partial charge >= 0.3 is 0 Å². The van der Waals surface area contributed by atoms with E-state index in [0.29, 0.717) is 18.4 Å². The molecule has 2 aromatic carbocycles. The summed E-state index contributed by atoms with van der Waals surface area (Å²) in [6.07, 6.45) is 5.21. The fourth-order valence-corrected chi connectivity index (χ4v) is 9.23. The quantitative estimate of drug-likeness (QED) is 0.275. The predicted molar refractivity (Wildman–Crippen MR) is 180 cm³/mol. The molecule has 2 aromatic rings. The molecular formula is C38H49N3O5. The van der Waals surface area contributed by atoms with Crippen molar-refractivity contribution in [1.29, 1.82) is 0 Å². The molecule has 246 valence electrons. The number of aromatic hydroxyl groups is 1. The van der Waals surface area contributed by atoms with E-state index in [-0.39, 0.29) is 34.7 Å². The Kier molecular flexibility index (Phi) is 8.68. The highest BCUT2D eigenvalue weighted by Crippen LogP contribution is 2.58. The Morgan fingerprint density at radius 3 is 2.54 bits per heavy atom. The number of amides is 1. The Bertz CT molecular complexity index is 1580. The van der Waals surface area contributed by atoms with Gasteiger partial charge in [-0.1, -0.05) is 44.2 Å². The maximum absolute atomic E-state index is 14.6. The number of primary amides is 1. The largest absolute Gasteiger partial charge is 0.507 e. The van der Waals surface area contributed by atoms with E-state index in [1.807, 2.05) is 25.1 Å². The fraction of sp³-hybridized carbons (Fsp3) is 0.526. The van der Waals surface area contributed by atoms with Gasteiger partial charge in [-0.05, 0) is 105 Å². The number of nitrogens with zero attached hydrogens (tertiary/aromatic N) is 2. The molecule has 4 aliphatic rings. The number of phenols is 1. The summed E-state index contributed by atoms with van der Waals surface area (Å²) in [6.45, 7) is 11.0. The number of carbonyl (C=O) groups excluding carboxylic acids is 2. The van der Waals surface area contributed by atoms with E-state index < -0.39 is 35.3 Å². The summed E-state index contributed by atoms with van der Waals surface area (Å²) >= 11 is 0. The summed E-state index contributed by atoms with van der Waals surface area (Å²) in [7, 11) is 3.69. The molecule has 0 heterocycles. The first kappa shape index (κ1) is 32.5. The minimum absolute atomic E-state index is 0.0708. The van der Waals surface area contributed by atoms with Crippen LogP contribution in [0.25, 0.3) is 16.9 Å². The summed E-state index contributed by atoms with van der Waals surface area (Å²) < 4.78 is 0. The van der Waals surface area contributed by atoms with E-state index in [0.717, 1.165) is 48.7 Å². The molecule has 0 aromatic heterocycles. The number of fused-ring (bicyclic) bond motifs is 3. The lowest BCUT2D eigenvalue weighted by molar-refractivity contribution is -0.161. The molecule has 0 radical (unpaired) electrons. The number of hydrogen-bond donors (Lipinski definition) is 4. The molecule has 0 spiro atoms. The van der Waals surface area contributed by atoms with Crippen molar-refractivity contribution < 1.29 is 24.9 Å². The smallest absolute Gasteiger partial charge is 0.224 e. The van der Waals surface area contributed by atoms with Crippen LogP contribution in [0.2, 0.25) is 0 Å². The molecule has 3 fully saturated rings. The number of ketones is 1. The van der Waals surface area contributed by atoms with Gasteiger partial charge < -0.3 is 26.0 Å². The van der Waals surface area contributed by atoms with Crippen molar-refractivity contribution in [3.8, 4) is 16.9 Å². The van der Waals surface area contributed by atoms with Crippen LogP contribution in [-0.2, 0) is 22.6 Å². The Balaban J connectivity index is 1.42. The first-order chi connectivity index (χ1) is 21.9. The van der Waals surface area contributed by atoms with Crippen LogP contribution in [-0.4, -0.2) is 76.1 Å². The number of nitrogens with two attached hydrogens (primary N) is 1. The maximum Gasteiger partial charge on any atom is 0.224 e. The van der Waals surface area contributed by atoms with Gasteiger partial charge in [-0.3, -0.25) is 14.5 Å². The molecule has 5 unspecified atom stereocenters. The Morgan fingerprint density at radius 1 is 1.17 bits per heavy atom. The second-order valence-electron chi connectivity index (χ2n) is 14.7. The first-order valence-corrected chi connectivity index (χ1v) is 16.8. The van der Waals surface area contributed by atoms with Gasteiger partial charge in [0.2, 0.25) is 5.91 Å². The zero-order chi connectivity index (χ0) is 33.1. The minimum Gasteiger partial charge on any atom is -0.507 e. The van der Waals surface area contributed by atoms with Crippen LogP contribution in [0.3, 0.4) is 0 Å². The molecule has 0 aliphatic heterocycles. The molecule has 7 atom stereocenters. The van der Waals surface area contributed by atoms with Crippen molar-refractivity contribution in [2.45, 2.75) is 64.6 Å². The normalized spacial score (nSPS) is 30.6. The van der Waals surface area contributed by atoms with Crippen LogP contribution in [0.1, 0.15) is 56.2 Å². The average molecular weight is 628 g/mol. The van der Waals surface area contributed by atoms with Crippen LogP contribution in [0.5, 0.6) is 5.75 Å². The number of Topliss-reactive ketones (excluding diaryl/α,β-unsaturated/α-hetero) is 1. The van der Waals surface area contributed by atoms with Gasteiger partial charge in [0.25, 0.3) is 0 Å². The monoisotopic (exact) mass is 627 g/mol. The van der Waals surface area contributed by atoms with Crippen molar-refractivity contribution in [3.05, 3.63) is 71.3 Å². The molecular weight excluding hydrogens is 578 g/mol. The molecule has 1 amide bonds. The van der Waals surface area contributed by atoms with Crippen LogP contribution in [0.4, 0.5) is 0 Å². The standard InChI is InChI=1S/C38H49N3O5/c1-6-15-41(19-21-11-12-21)20-22-9-8-10-23(16-22)25-13-14-28(42)30-26(25)17-24-18-27-31(35(44)29(24)34(30)43)38(3,7-2)32(37(39)46)36(45)33(27)40(4)5/h7-10,13-14,16,21,24,27,31-33,36,42-43,45H,2,6,11-12,15,17-20H2,1,3-5H3,(H2,39,46)/t24?,27?,31?,32?,33-,36?,38-/m0/s1. The van der Waals surface area contributed by atoms with Crippen molar-refractivity contribution >= 4 is 17.4 Å². The molecule has 0 saturated heterocycles. The minimum atomic E-state index is -1.12. The van der Waals surface area contributed by atoms with Crippen LogP contribution < -0.4 is 5.73 Å². The number of phenolic OH excluding ortho intramolecular Hbond substituents is 1. The molecule has 46 heavy (non-hydrogen) atoms. The topological polar surface area (TPSA) is 127 Å². The number of carbonyl (C=O) groups is 2. The van der Waals surface area contributed by atoms with Gasteiger partial charge in [0.1, 0.15) is 11.5 Å². The summed E-state index contributed by atoms with van der Waals surface area (Å²) in [5.41, 5.74) is 9.30. The maximum atomic E-state index is 14.6. The highest BCUT2D eigenvalue weighted by atomic mass is 16.3. The summed E-state index contributed by atoms with van der Waals surface area (Å²) in [5, 5.41) is 34.5. The zero-order valence-corrected chi connectivity index (χ0v) is 27.6. The number of hydrogen-bond acceptors (Lipinski definition) is 7. The molecule has 8 heteroatoms. The molecule has 0 bridgehead atoms. The van der Waals surface area contributed by atoms with E-state index in [1.165, 1.54) is 18.4 Å². The number of benzene rings is 2. The van der Waals surface area contributed by atoms with Crippen LogP contribution in [0, 0.1) is 35.0 Å². The molecule has 4 aliphatic carbocycles. The third kappa shape index (κ3) is 5.38.